The smallest absolute Gasteiger partial charge is 0.296 e. The largest absolute Gasteiger partial charge is 0.491 e. The Morgan fingerprint density at radius 2 is 2.13 bits per heavy atom. The quantitative estimate of drug-likeness (QED) is 0.748. The second-order valence-corrected chi connectivity index (χ2v) is 3.02. The molecule has 0 saturated heterocycles. The van der Waals surface area contributed by atoms with E-state index in [9.17, 15) is 14.0 Å². The summed E-state index contributed by atoms with van der Waals surface area (Å²) in [6, 6.07) is 2.72. The third kappa shape index (κ3) is 1.36. The molecule has 15 heavy (non-hydrogen) atoms. The van der Waals surface area contributed by atoms with Gasteiger partial charge in [-0.15, -0.1) is 0 Å². The second kappa shape index (κ2) is 3.34. The number of carbonyl (C=O) groups excluding carboxylic acids is 2. The molecule has 1 N–H and O–H groups in total. The van der Waals surface area contributed by atoms with E-state index in [0.717, 1.165) is 0 Å². The number of carbonyl (C=O) groups is 2. The van der Waals surface area contributed by atoms with E-state index in [0.29, 0.717) is 6.61 Å². The van der Waals surface area contributed by atoms with Crippen LogP contribution in [0.15, 0.2) is 12.1 Å². The average Bonchev–Trinajstić information content (AvgIpc) is 2.50. The Hall–Kier alpha value is -1.91. The maximum absolute atomic E-state index is 13.6. The first-order chi connectivity index (χ1) is 7.15. The summed E-state index contributed by atoms with van der Waals surface area (Å²) >= 11 is 0. The van der Waals surface area contributed by atoms with Gasteiger partial charge in [0.05, 0.1) is 17.9 Å². The highest BCUT2D eigenvalue weighted by molar-refractivity contribution is 6.51. The molecule has 4 nitrogen and oxygen atoms in total. The normalized spacial score (nSPS) is 13.7. The molecule has 0 atom stereocenters. The third-order valence-electron chi connectivity index (χ3n) is 2.10. The van der Waals surface area contributed by atoms with Crippen LogP contribution in [-0.2, 0) is 4.79 Å². The standard InChI is InChI=1S/C10H8FNO3/c1-2-15-6-4-3-5-8(7(6)11)12-10(14)9(5)13/h3-4H,2H2,1H3,(H,12,13,14). The van der Waals surface area contributed by atoms with Gasteiger partial charge in [-0.05, 0) is 19.1 Å². The average molecular weight is 209 g/mol. The van der Waals surface area contributed by atoms with Gasteiger partial charge in [-0.3, -0.25) is 9.59 Å². The van der Waals surface area contributed by atoms with Crippen LogP contribution in [0.1, 0.15) is 17.3 Å². The Labute approximate surface area is 85.0 Å². The number of rotatable bonds is 2. The van der Waals surface area contributed by atoms with Gasteiger partial charge in [0.25, 0.3) is 11.7 Å². The molecule has 0 bridgehead atoms. The van der Waals surface area contributed by atoms with Crippen LogP contribution in [-0.4, -0.2) is 18.3 Å². The minimum atomic E-state index is -0.808. The second-order valence-electron chi connectivity index (χ2n) is 3.02. The topological polar surface area (TPSA) is 55.4 Å². The van der Waals surface area contributed by atoms with Crippen LogP contribution >= 0.6 is 0 Å². The van der Waals surface area contributed by atoms with Gasteiger partial charge in [0.15, 0.2) is 11.6 Å². The van der Waals surface area contributed by atoms with Crippen molar-refractivity contribution < 1.29 is 18.7 Å². The molecular formula is C10H8FNO3. The molecule has 1 aliphatic rings. The molecule has 2 rings (SSSR count). The Morgan fingerprint density at radius 1 is 1.40 bits per heavy atom. The molecule has 1 heterocycles. The van der Waals surface area contributed by atoms with Crippen molar-refractivity contribution in [1.29, 1.82) is 0 Å². The molecule has 1 aromatic carbocycles. The first-order valence-corrected chi connectivity index (χ1v) is 4.46. The lowest BCUT2D eigenvalue weighted by Crippen LogP contribution is -2.12. The molecule has 0 aromatic heterocycles. The third-order valence-corrected chi connectivity index (χ3v) is 2.10. The number of Topliss-reactive ketones (excluding diaryl/α,β-unsaturated/α-hetero) is 1. The Bertz CT molecular complexity index is 456. The molecule has 0 aliphatic carbocycles. The number of hydrogen-bond donors (Lipinski definition) is 1. The number of benzene rings is 1. The number of ether oxygens (including phenoxy) is 1. The van der Waals surface area contributed by atoms with E-state index in [2.05, 4.69) is 5.32 Å². The Balaban J connectivity index is 2.52. The van der Waals surface area contributed by atoms with Crippen LogP contribution in [0.2, 0.25) is 0 Å². The SMILES string of the molecule is CCOc1ccc2c(c1F)NC(=O)C2=O. The van der Waals surface area contributed by atoms with E-state index >= 15 is 0 Å². The van der Waals surface area contributed by atoms with Crippen molar-refractivity contribution in [3.05, 3.63) is 23.5 Å². The maximum atomic E-state index is 13.6. The van der Waals surface area contributed by atoms with Crippen molar-refractivity contribution in [2.24, 2.45) is 0 Å². The summed E-state index contributed by atoms with van der Waals surface area (Å²) in [6.45, 7) is 2.04. The highest BCUT2D eigenvalue weighted by Crippen LogP contribution is 2.32. The van der Waals surface area contributed by atoms with Crippen molar-refractivity contribution in [2.75, 3.05) is 11.9 Å². The van der Waals surface area contributed by atoms with Crippen molar-refractivity contribution in [3.8, 4) is 5.75 Å². The number of anilines is 1. The first-order valence-electron chi connectivity index (χ1n) is 4.46. The van der Waals surface area contributed by atoms with Crippen molar-refractivity contribution >= 4 is 17.4 Å². The summed E-state index contributed by atoms with van der Waals surface area (Å²) in [5, 5.41) is 2.17. The number of fused-ring (bicyclic) bond motifs is 1. The molecule has 0 unspecified atom stereocenters. The highest BCUT2D eigenvalue weighted by Gasteiger charge is 2.31. The fourth-order valence-corrected chi connectivity index (χ4v) is 1.43. The number of hydrogen-bond acceptors (Lipinski definition) is 3. The van der Waals surface area contributed by atoms with Gasteiger partial charge in [-0.2, -0.15) is 0 Å². The predicted octanol–water partition coefficient (Wildman–Crippen LogP) is 1.36. The zero-order valence-electron chi connectivity index (χ0n) is 7.96. The predicted molar refractivity (Wildman–Crippen MR) is 50.5 cm³/mol. The van der Waals surface area contributed by atoms with Crippen LogP contribution in [0.4, 0.5) is 10.1 Å². The van der Waals surface area contributed by atoms with Gasteiger partial charge in [-0.25, -0.2) is 4.39 Å². The zero-order chi connectivity index (χ0) is 11.0. The summed E-state index contributed by atoms with van der Waals surface area (Å²) in [5.74, 6) is -2.19. The summed E-state index contributed by atoms with van der Waals surface area (Å²) in [4.78, 5) is 22.2. The van der Waals surface area contributed by atoms with Crippen LogP contribution < -0.4 is 10.1 Å². The van der Waals surface area contributed by atoms with E-state index in [4.69, 9.17) is 4.74 Å². The molecule has 5 heteroatoms. The van der Waals surface area contributed by atoms with Gasteiger partial charge in [-0.1, -0.05) is 0 Å². The lowest BCUT2D eigenvalue weighted by molar-refractivity contribution is -0.112. The van der Waals surface area contributed by atoms with Crippen LogP contribution in [0, 0.1) is 5.82 Å². The van der Waals surface area contributed by atoms with Crippen molar-refractivity contribution in [3.63, 3.8) is 0 Å². The molecule has 0 saturated carbocycles. The van der Waals surface area contributed by atoms with E-state index in [1.807, 2.05) is 0 Å². The number of amides is 1. The number of ketones is 1. The summed E-state index contributed by atoms with van der Waals surface area (Å²) in [6.07, 6.45) is 0. The molecule has 1 aliphatic heterocycles. The first kappa shape index (κ1) is 9.64. The molecule has 0 spiro atoms. The van der Waals surface area contributed by atoms with E-state index in [1.54, 1.807) is 6.92 Å². The van der Waals surface area contributed by atoms with Gasteiger partial charge < -0.3 is 10.1 Å². The molecule has 1 amide bonds. The molecular weight excluding hydrogens is 201 g/mol. The van der Waals surface area contributed by atoms with Crippen molar-refractivity contribution in [2.45, 2.75) is 6.92 Å². The monoisotopic (exact) mass is 209 g/mol. The molecule has 78 valence electrons. The van der Waals surface area contributed by atoms with Gasteiger partial charge in [0.2, 0.25) is 0 Å². The van der Waals surface area contributed by atoms with Gasteiger partial charge in [0.1, 0.15) is 0 Å². The minimum Gasteiger partial charge on any atom is -0.491 e. The van der Waals surface area contributed by atoms with E-state index in [1.165, 1.54) is 12.1 Å². The fraction of sp³-hybridized carbons (Fsp3) is 0.200. The van der Waals surface area contributed by atoms with Crippen LogP contribution in [0.3, 0.4) is 0 Å². The van der Waals surface area contributed by atoms with Crippen molar-refractivity contribution in [1.82, 2.24) is 0 Å². The zero-order valence-corrected chi connectivity index (χ0v) is 7.96. The minimum absolute atomic E-state index is 0.0336. The molecule has 0 radical (unpaired) electrons. The molecule has 1 aromatic rings. The summed E-state index contributed by atoms with van der Waals surface area (Å²) < 4.78 is 18.6. The highest BCUT2D eigenvalue weighted by atomic mass is 19.1. The van der Waals surface area contributed by atoms with Crippen LogP contribution in [0.25, 0.3) is 0 Å². The van der Waals surface area contributed by atoms with E-state index < -0.39 is 17.5 Å². The lowest BCUT2D eigenvalue weighted by Gasteiger charge is -2.06. The number of halogens is 1. The molecule has 0 fully saturated rings. The van der Waals surface area contributed by atoms with Crippen LogP contribution in [0.5, 0.6) is 5.75 Å². The summed E-state index contributed by atoms with van der Waals surface area (Å²) in [5.41, 5.74) is -0.0306. The Morgan fingerprint density at radius 3 is 2.80 bits per heavy atom. The Kier molecular flexibility index (Phi) is 2.15. The van der Waals surface area contributed by atoms with Gasteiger partial charge in [0, 0.05) is 0 Å². The number of nitrogens with one attached hydrogen (secondary N) is 1. The fourth-order valence-electron chi connectivity index (χ4n) is 1.43. The van der Waals surface area contributed by atoms with Gasteiger partial charge >= 0.3 is 0 Å². The summed E-state index contributed by atoms with van der Waals surface area (Å²) in [7, 11) is 0. The van der Waals surface area contributed by atoms with E-state index in [-0.39, 0.29) is 17.0 Å². The lowest BCUT2D eigenvalue weighted by atomic mass is 10.1. The maximum Gasteiger partial charge on any atom is 0.296 e.